The van der Waals surface area contributed by atoms with Crippen molar-refractivity contribution in [2.75, 3.05) is 23.7 Å². The summed E-state index contributed by atoms with van der Waals surface area (Å²) in [6, 6.07) is 5.37. The third kappa shape index (κ3) is 3.58. The second-order valence-electron chi connectivity index (χ2n) is 7.41. The Labute approximate surface area is 186 Å². The number of hydrogen-bond acceptors (Lipinski definition) is 9. The predicted octanol–water partition coefficient (Wildman–Crippen LogP) is 2.02. The van der Waals surface area contributed by atoms with Crippen molar-refractivity contribution in [1.82, 2.24) is 25.0 Å². The SMILES string of the molecule is CCc1[nH]c2nc(Sc3ccc4nc(N)n[n+]([O-])c4c3)nc(N3CC[C@H](N)C3)c2c1Cl. The van der Waals surface area contributed by atoms with Gasteiger partial charge in [0.15, 0.2) is 5.16 Å². The van der Waals surface area contributed by atoms with E-state index >= 15 is 0 Å². The van der Waals surface area contributed by atoms with Crippen LogP contribution in [-0.2, 0) is 6.42 Å². The molecule has 0 radical (unpaired) electrons. The molecule has 1 atom stereocenters. The molecule has 31 heavy (non-hydrogen) atoms. The molecule has 0 unspecified atom stereocenters. The highest BCUT2D eigenvalue weighted by atomic mass is 35.5. The van der Waals surface area contributed by atoms with Gasteiger partial charge >= 0.3 is 0 Å². The number of nitrogens with one attached hydrogen (secondary N) is 1. The number of aryl methyl sites for hydroxylation is 1. The minimum absolute atomic E-state index is 0.0690. The van der Waals surface area contributed by atoms with Gasteiger partial charge in [-0.25, -0.2) is 15.0 Å². The van der Waals surface area contributed by atoms with Gasteiger partial charge < -0.3 is 26.6 Å². The number of nitrogens with two attached hydrogens (primary N) is 2. The molecule has 5 N–H and O–H groups in total. The van der Waals surface area contributed by atoms with Crippen LogP contribution >= 0.6 is 23.4 Å². The Morgan fingerprint density at radius 1 is 1.35 bits per heavy atom. The number of nitrogens with zero attached hydrogens (tertiary/aromatic N) is 6. The van der Waals surface area contributed by atoms with Crippen LogP contribution in [0.2, 0.25) is 5.02 Å². The summed E-state index contributed by atoms with van der Waals surface area (Å²) in [7, 11) is 0. The van der Waals surface area contributed by atoms with Gasteiger partial charge in [0.25, 0.3) is 11.5 Å². The maximum Gasteiger partial charge on any atom is 0.288 e. The Morgan fingerprint density at radius 2 is 2.19 bits per heavy atom. The average Bonchev–Trinajstić information content (AvgIpc) is 3.31. The molecule has 4 heterocycles. The largest absolute Gasteiger partial charge is 0.594 e. The smallest absolute Gasteiger partial charge is 0.288 e. The molecule has 0 bridgehead atoms. The van der Waals surface area contributed by atoms with Crippen LogP contribution < -0.4 is 21.2 Å². The molecule has 1 aliphatic heterocycles. The minimum Gasteiger partial charge on any atom is -0.594 e. The van der Waals surface area contributed by atoms with Gasteiger partial charge in [0.1, 0.15) is 17.0 Å². The van der Waals surface area contributed by atoms with Crippen molar-refractivity contribution in [3.63, 3.8) is 0 Å². The van der Waals surface area contributed by atoms with E-state index in [0.717, 1.165) is 41.2 Å². The lowest BCUT2D eigenvalue weighted by Gasteiger charge is -2.18. The van der Waals surface area contributed by atoms with Crippen LogP contribution in [0.1, 0.15) is 19.0 Å². The van der Waals surface area contributed by atoms with E-state index in [0.29, 0.717) is 38.2 Å². The topological polar surface area (TPSA) is 150 Å². The number of nitrogen functional groups attached to an aromatic ring is 1. The maximum absolute atomic E-state index is 12.1. The molecular weight excluding hydrogens is 438 g/mol. The van der Waals surface area contributed by atoms with Crippen LogP contribution in [0.25, 0.3) is 22.1 Å². The fourth-order valence-electron chi connectivity index (χ4n) is 3.78. The standard InChI is InChI=1S/C19H20ClN9OS/c1-2-11-15(20)14-16(23-11)25-19(26-17(14)28-6-5-9(21)8-28)31-10-3-4-12-13(7-10)29(30)27-18(22)24-12/h3-4,7,9H,2,5-6,8,21H2,1H3,(H2,22,24,27)(H,23,25,26)/t9-/m0/s1. The normalized spacial score (nSPS) is 16.6. The zero-order chi connectivity index (χ0) is 21.7. The summed E-state index contributed by atoms with van der Waals surface area (Å²) in [6.07, 6.45) is 1.65. The highest BCUT2D eigenvalue weighted by Gasteiger charge is 2.26. The van der Waals surface area contributed by atoms with Crippen molar-refractivity contribution in [1.29, 1.82) is 0 Å². The monoisotopic (exact) mass is 457 g/mol. The molecule has 3 aromatic heterocycles. The highest BCUT2D eigenvalue weighted by Crippen LogP contribution is 2.37. The number of hydrogen-bond donors (Lipinski definition) is 3. The van der Waals surface area contributed by atoms with Crippen molar-refractivity contribution >= 4 is 57.2 Å². The average molecular weight is 458 g/mol. The molecule has 0 aliphatic carbocycles. The molecule has 0 saturated carbocycles. The van der Waals surface area contributed by atoms with Gasteiger partial charge in [0.05, 0.1) is 15.5 Å². The summed E-state index contributed by atoms with van der Waals surface area (Å²) < 4.78 is 0. The van der Waals surface area contributed by atoms with E-state index in [1.165, 1.54) is 11.8 Å². The van der Waals surface area contributed by atoms with Gasteiger partial charge in [-0.3, -0.25) is 0 Å². The van der Waals surface area contributed by atoms with Gasteiger partial charge in [-0.05, 0) is 41.6 Å². The van der Waals surface area contributed by atoms with Crippen molar-refractivity contribution in [3.05, 3.63) is 34.1 Å². The molecule has 0 amide bonds. The van der Waals surface area contributed by atoms with Crippen molar-refractivity contribution in [3.8, 4) is 0 Å². The van der Waals surface area contributed by atoms with Gasteiger partial charge in [0.2, 0.25) is 0 Å². The van der Waals surface area contributed by atoms with Crippen molar-refractivity contribution < 1.29 is 4.85 Å². The molecule has 1 aromatic carbocycles. The fraction of sp³-hybridized carbons (Fsp3) is 0.316. The van der Waals surface area contributed by atoms with E-state index in [1.54, 1.807) is 12.1 Å². The first-order chi connectivity index (χ1) is 14.9. The number of halogens is 1. The maximum atomic E-state index is 12.1. The molecule has 1 saturated heterocycles. The molecule has 1 fully saturated rings. The lowest BCUT2D eigenvalue weighted by Crippen LogP contribution is -2.33. The number of benzene rings is 1. The van der Waals surface area contributed by atoms with Crippen molar-refractivity contribution in [2.45, 2.75) is 35.9 Å². The van der Waals surface area contributed by atoms with E-state index in [9.17, 15) is 5.21 Å². The molecule has 1 aliphatic rings. The first kappa shape index (κ1) is 20.0. The van der Waals surface area contributed by atoms with Gasteiger partial charge in [0, 0.05) is 35.8 Å². The van der Waals surface area contributed by atoms with Crippen LogP contribution in [0.4, 0.5) is 11.8 Å². The van der Waals surface area contributed by atoms with Gasteiger partial charge in [-0.15, -0.1) is 0 Å². The number of aromatic nitrogens is 6. The summed E-state index contributed by atoms with van der Waals surface area (Å²) in [6.45, 7) is 3.56. The van der Waals surface area contributed by atoms with Crippen LogP contribution in [0.3, 0.4) is 0 Å². The van der Waals surface area contributed by atoms with Crippen LogP contribution in [0.5, 0.6) is 0 Å². The third-order valence-electron chi connectivity index (χ3n) is 5.29. The minimum atomic E-state index is -0.0690. The molecule has 10 nitrogen and oxygen atoms in total. The first-order valence-electron chi connectivity index (χ1n) is 9.86. The van der Waals surface area contributed by atoms with E-state index in [2.05, 4.69) is 25.0 Å². The number of aromatic amines is 1. The summed E-state index contributed by atoms with van der Waals surface area (Å²) in [5, 5.41) is 17.8. The van der Waals surface area contributed by atoms with E-state index in [1.807, 2.05) is 13.0 Å². The van der Waals surface area contributed by atoms with E-state index in [-0.39, 0.29) is 12.0 Å². The number of rotatable bonds is 4. The summed E-state index contributed by atoms with van der Waals surface area (Å²) in [5.41, 5.74) is 14.1. The van der Waals surface area contributed by atoms with Crippen molar-refractivity contribution in [2.24, 2.45) is 5.73 Å². The van der Waals surface area contributed by atoms with Gasteiger partial charge in [-0.1, -0.05) is 18.5 Å². The molecule has 4 aromatic rings. The van der Waals surface area contributed by atoms with Crippen LogP contribution in [0, 0.1) is 5.21 Å². The molecule has 5 rings (SSSR count). The number of anilines is 2. The summed E-state index contributed by atoms with van der Waals surface area (Å²) >= 11 is 7.99. The van der Waals surface area contributed by atoms with Gasteiger partial charge in [-0.2, -0.15) is 0 Å². The van der Waals surface area contributed by atoms with E-state index < -0.39 is 0 Å². The van der Waals surface area contributed by atoms with Crippen LogP contribution in [-0.4, -0.2) is 44.2 Å². The molecule has 12 heteroatoms. The predicted molar refractivity (Wildman–Crippen MR) is 120 cm³/mol. The fourth-order valence-corrected chi connectivity index (χ4v) is 4.92. The second-order valence-corrected chi connectivity index (χ2v) is 8.83. The molecule has 0 spiro atoms. The number of fused-ring (bicyclic) bond motifs is 2. The third-order valence-corrected chi connectivity index (χ3v) is 6.56. The van der Waals surface area contributed by atoms with Crippen LogP contribution in [0.15, 0.2) is 28.3 Å². The Hall–Kier alpha value is -2.89. The lowest BCUT2D eigenvalue weighted by molar-refractivity contribution is -0.641. The highest BCUT2D eigenvalue weighted by molar-refractivity contribution is 7.99. The second kappa shape index (κ2) is 7.66. The summed E-state index contributed by atoms with van der Waals surface area (Å²) in [5.74, 6) is 0.706. The Bertz CT molecular complexity index is 1310. The zero-order valence-corrected chi connectivity index (χ0v) is 18.2. The zero-order valence-electron chi connectivity index (χ0n) is 16.7. The Morgan fingerprint density at radius 3 is 2.94 bits per heavy atom. The van der Waals surface area contributed by atoms with E-state index in [4.69, 9.17) is 28.1 Å². The Balaban J connectivity index is 1.59. The first-order valence-corrected chi connectivity index (χ1v) is 11.1. The summed E-state index contributed by atoms with van der Waals surface area (Å²) in [4.78, 5) is 20.3. The quantitative estimate of drug-likeness (QED) is 0.237. The Kier molecular flexibility index (Phi) is 4.95. The molecular formula is C19H20ClN9OS. The number of H-pyrrole nitrogens is 1. The molecule has 160 valence electrons. The lowest BCUT2D eigenvalue weighted by atomic mass is 10.3.